The summed E-state index contributed by atoms with van der Waals surface area (Å²) in [6, 6.07) is 11.0. The zero-order chi connectivity index (χ0) is 18.5. The van der Waals surface area contributed by atoms with E-state index >= 15 is 0 Å². The van der Waals surface area contributed by atoms with Crippen molar-refractivity contribution < 1.29 is 9.59 Å². The van der Waals surface area contributed by atoms with Crippen LogP contribution in [-0.4, -0.2) is 16.8 Å². The lowest BCUT2D eigenvalue weighted by atomic mass is 10.1. The number of benzene rings is 1. The Morgan fingerprint density at radius 3 is 2.38 bits per heavy atom. The lowest BCUT2D eigenvalue weighted by Crippen LogP contribution is -2.14. The average Bonchev–Trinajstić information content (AvgIpc) is 3.27. The van der Waals surface area contributed by atoms with Gasteiger partial charge in [0.05, 0.1) is 11.1 Å². The number of hydrogen-bond donors (Lipinski definition) is 2. The van der Waals surface area contributed by atoms with E-state index in [-0.39, 0.29) is 11.8 Å². The second-order valence-electron chi connectivity index (χ2n) is 6.18. The summed E-state index contributed by atoms with van der Waals surface area (Å²) < 4.78 is 0. The number of carbonyl (C=O) groups excluding carboxylic acids is 2. The standard InChI is InChI=1S/C19H19N3O2S2/c1-12(2)10-17(23)21-13-5-7-14(8-6-13)22-18(24)16-11-20-19(26-16)15-4-3-9-25-15/h3-9,11-12H,10H2,1-2H3,(H,21,23)(H,22,24). The fourth-order valence-electron chi connectivity index (χ4n) is 2.31. The van der Waals surface area contributed by atoms with Gasteiger partial charge in [-0.2, -0.15) is 0 Å². The third-order valence-corrected chi connectivity index (χ3v) is 5.52. The maximum Gasteiger partial charge on any atom is 0.267 e. The first kappa shape index (κ1) is 18.3. The molecule has 1 aromatic carbocycles. The summed E-state index contributed by atoms with van der Waals surface area (Å²) >= 11 is 2.96. The topological polar surface area (TPSA) is 71.1 Å². The molecule has 2 heterocycles. The predicted octanol–water partition coefficient (Wildman–Crippen LogP) is 5.11. The number of hydrogen-bond acceptors (Lipinski definition) is 5. The highest BCUT2D eigenvalue weighted by Gasteiger charge is 2.13. The monoisotopic (exact) mass is 385 g/mol. The normalized spacial score (nSPS) is 10.7. The zero-order valence-corrected chi connectivity index (χ0v) is 16.1. The number of amides is 2. The molecular weight excluding hydrogens is 366 g/mol. The van der Waals surface area contributed by atoms with Gasteiger partial charge in [0.25, 0.3) is 5.91 Å². The van der Waals surface area contributed by atoms with Crippen LogP contribution in [0, 0.1) is 5.92 Å². The van der Waals surface area contributed by atoms with E-state index in [2.05, 4.69) is 15.6 Å². The van der Waals surface area contributed by atoms with Crippen LogP contribution >= 0.6 is 22.7 Å². The first-order valence-electron chi connectivity index (χ1n) is 8.22. The minimum atomic E-state index is -0.193. The van der Waals surface area contributed by atoms with Crippen LogP contribution in [0.5, 0.6) is 0 Å². The summed E-state index contributed by atoms with van der Waals surface area (Å²) in [7, 11) is 0. The van der Waals surface area contributed by atoms with Gasteiger partial charge in [-0.25, -0.2) is 4.98 Å². The van der Waals surface area contributed by atoms with Gasteiger partial charge >= 0.3 is 0 Å². The molecule has 2 aromatic heterocycles. The molecule has 134 valence electrons. The number of carbonyl (C=O) groups is 2. The van der Waals surface area contributed by atoms with Gasteiger partial charge < -0.3 is 10.6 Å². The molecule has 7 heteroatoms. The van der Waals surface area contributed by atoms with Crippen LogP contribution in [0.4, 0.5) is 11.4 Å². The second kappa shape index (κ2) is 8.25. The number of rotatable bonds is 6. The van der Waals surface area contributed by atoms with Gasteiger partial charge in [-0.15, -0.1) is 22.7 Å². The van der Waals surface area contributed by atoms with Crippen molar-refractivity contribution in [2.75, 3.05) is 10.6 Å². The van der Waals surface area contributed by atoms with Crippen LogP contribution in [0.1, 0.15) is 29.9 Å². The number of anilines is 2. The highest BCUT2D eigenvalue weighted by Crippen LogP contribution is 2.29. The van der Waals surface area contributed by atoms with Crippen molar-refractivity contribution in [1.82, 2.24) is 4.98 Å². The van der Waals surface area contributed by atoms with Gasteiger partial charge in [-0.1, -0.05) is 19.9 Å². The Labute approximate surface area is 160 Å². The molecule has 5 nitrogen and oxygen atoms in total. The second-order valence-corrected chi connectivity index (χ2v) is 8.16. The number of nitrogens with zero attached hydrogens (tertiary/aromatic N) is 1. The van der Waals surface area contributed by atoms with E-state index in [1.807, 2.05) is 31.4 Å². The molecule has 0 radical (unpaired) electrons. The predicted molar refractivity (Wildman–Crippen MR) is 108 cm³/mol. The average molecular weight is 386 g/mol. The lowest BCUT2D eigenvalue weighted by molar-refractivity contribution is -0.116. The minimum Gasteiger partial charge on any atom is -0.326 e. The number of thiazole rings is 1. The van der Waals surface area contributed by atoms with E-state index < -0.39 is 0 Å². The summed E-state index contributed by atoms with van der Waals surface area (Å²) in [5.41, 5.74) is 1.38. The van der Waals surface area contributed by atoms with Crippen molar-refractivity contribution in [3.05, 3.63) is 52.9 Å². The number of nitrogens with one attached hydrogen (secondary N) is 2. The smallest absolute Gasteiger partial charge is 0.267 e. The first-order valence-corrected chi connectivity index (χ1v) is 9.92. The van der Waals surface area contributed by atoms with Crippen LogP contribution < -0.4 is 10.6 Å². The molecule has 0 unspecified atom stereocenters. The van der Waals surface area contributed by atoms with Crippen molar-refractivity contribution in [3.8, 4) is 9.88 Å². The fraction of sp³-hybridized carbons (Fsp3) is 0.211. The van der Waals surface area contributed by atoms with E-state index in [1.165, 1.54) is 11.3 Å². The lowest BCUT2D eigenvalue weighted by Gasteiger charge is -2.08. The summed E-state index contributed by atoms with van der Waals surface area (Å²) in [4.78, 5) is 30.1. The molecule has 2 amide bonds. The Kier molecular flexibility index (Phi) is 5.80. The molecule has 0 saturated heterocycles. The molecule has 3 aromatic rings. The molecule has 26 heavy (non-hydrogen) atoms. The Bertz CT molecular complexity index is 884. The van der Waals surface area contributed by atoms with Gasteiger partial charge in [-0.3, -0.25) is 9.59 Å². The summed E-state index contributed by atoms with van der Waals surface area (Å²) in [5.74, 6) is 0.108. The maximum atomic E-state index is 12.4. The molecule has 0 spiro atoms. The quantitative estimate of drug-likeness (QED) is 0.619. The van der Waals surface area contributed by atoms with Gasteiger partial charge in [0.2, 0.25) is 5.91 Å². The SMILES string of the molecule is CC(C)CC(=O)Nc1ccc(NC(=O)c2cnc(-c3cccs3)s2)cc1. The van der Waals surface area contributed by atoms with Gasteiger partial charge in [0.1, 0.15) is 9.88 Å². The van der Waals surface area contributed by atoms with Crippen molar-refractivity contribution in [3.63, 3.8) is 0 Å². The molecule has 0 aliphatic heterocycles. The number of thiophene rings is 1. The molecule has 0 aliphatic carbocycles. The van der Waals surface area contributed by atoms with Crippen LogP contribution in [0.25, 0.3) is 9.88 Å². The highest BCUT2D eigenvalue weighted by atomic mass is 32.1. The molecule has 3 rings (SSSR count). The molecular formula is C19H19N3O2S2. The number of aromatic nitrogens is 1. The minimum absolute atomic E-state index is 0.0115. The molecule has 0 bridgehead atoms. The largest absolute Gasteiger partial charge is 0.326 e. The van der Waals surface area contributed by atoms with Crippen molar-refractivity contribution >= 4 is 45.9 Å². The third-order valence-electron chi connectivity index (χ3n) is 3.48. The van der Waals surface area contributed by atoms with Gasteiger partial charge in [-0.05, 0) is 41.6 Å². The molecule has 0 saturated carbocycles. The van der Waals surface area contributed by atoms with E-state index in [9.17, 15) is 9.59 Å². The first-order chi connectivity index (χ1) is 12.5. The Morgan fingerprint density at radius 2 is 1.77 bits per heavy atom. The molecule has 0 aliphatic rings. The fourth-order valence-corrected chi connectivity index (χ4v) is 3.92. The molecule has 2 N–H and O–H groups in total. The van der Waals surface area contributed by atoms with Crippen LogP contribution in [0.2, 0.25) is 0 Å². The molecule has 0 fully saturated rings. The maximum absolute atomic E-state index is 12.4. The van der Waals surface area contributed by atoms with Crippen LogP contribution in [0.15, 0.2) is 48.0 Å². The van der Waals surface area contributed by atoms with Gasteiger partial charge in [0, 0.05) is 17.8 Å². The van der Waals surface area contributed by atoms with Crippen molar-refractivity contribution in [1.29, 1.82) is 0 Å². The third kappa shape index (κ3) is 4.77. The van der Waals surface area contributed by atoms with E-state index in [1.54, 1.807) is 41.8 Å². The highest BCUT2D eigenvalue weighted by molar-refractivity contribution is 7.22. The van der Waals surface area contributed by atoms with E-state index in [0.717, 1.165) is 9.88 Å². The van der Waals surface area contributed by atoms with Crippen LogP contribution in [0.3, 0.4) is 0 Å². The molecule has 0 atom stereocenters. The van der Waals surface area contributed by atoms with Crippen LogP contribution in [-0.2, 0) is 4.79 Å². The van der Waals surface area contributed by atoms with E-state index in [0.29, 0.717) is 28.6 Å². The summed E-state index contributed by atoms with van der Waals surface area (Å²) in [5, 5.41) is 8.52. The van der Waals surface area contributed by atoms with Gasteiger partial charge in [0.15, 0.2) is 0 Å². The van der Waals surface area contributed by atoms with Crippen molar-refractivity contribution in [2.24, 2.45) is 5.92 Å². The summed E-state index contributed by atoms with van der Waals surface area (Å²) in [6.45, 7) is 4.00. The van der Waals surface area contributed by atoms with Crippen molar-refractivity contribution in [2.45, 2.75) is 20.3 Å². The Balaban J connectivity index is 1.60. The Hall–Kier alpha value is -2.51. The Morgan fingerprint density at radius 1 is 1.08 bits per heavy atom. The zero-order valence-electron chi connectivity index (χ0n) is 14.5. The summed E-state index contributed by atoms with van der Waals surface area (Å²) in [6.07, 6.45) is 2.08. The van der Waals surface area contributed by atoms with E-state index in [4.69, 9.17) is 0 Å².